The fourth-order valence-corrected chi connectivity index (χ4v) is 3.44. The molecule has 0 aromatic heterocycles. The maximum atomic E-state index is 9.82. The van der Waals surface area contributed by atoms with Crippen molar-refractivity contribution < 1.29 is 24.8 Å². The van der Waals surface area contributed by atoms with Crippen molar-refractivity contribution in [2.24, 2.45) is 0 Å². The topological polar surface area (TPSA) is 79.2 Å². The van der Waals surface area contributed by atoms with Gasteiger partial charge in [-0.25, -0.2) is 0 Å². The van der Waals surface area contributed by atoms with Crippen LogP contribution in [0, 0.1) is 0 Å². The third kappa shape index (κ3) is 11.9. The highest BCUT2D eigenvalue weighted by Crippen LogP contribution is 2.16. The molecule has 0 aromatic rings. The summed E-state index contributed by atoms with van der Waals surface area (Å²) in [7, 11) is 0. The van der Waals surface area contributed by atoms with Gasteiger partial charge in [0.15, 0.2) is 0 Å². The minimum Gasteiger partial charge on any atom is -0.388 e. The van der Waals surface area contributed by atoms with Crippen molar-refractivity contribution in [3.05, 3.63) is 12.2 Å². The molecule has 0 amide bonds. The summed E-state index contributed by atoms with van der Waals surface area (Å²) in [4.78, 5) is 0. The summed E-state index contributed by atoms with van der Waals surface area (Å²) in [5.41, 5.74) is 0. The number of rotatable bonds is 16. The van der Waals surface area contributed by atoms with Crippen LogP contribution in [-0.4, -0.2) is 59.6 Å². The molecule has 0 aromatic carbocycles. The van der Waals surface area contributed by atoms with Crippen molar-refractivity contribution in [1.29, 1.82) is 0 Å². The molecule has 1 heterocycles. The predicted octanol–water partition coefficient (Wildman–Crippen LogP) is 3.74. The molecule has 1 rings (SSSR count). The van der Waals surface area contributed by atoms with E-state index in [0.717, 1.165) is 6.42 Å². The van der Waals surface area contributed by atoms with Crippen LogP contribution in [-0.2, 0) is 9.47 Å². The number of hydrogen-bond donors (Lipinski definition) is 3. The first-order chi connectivity index (χ1) is 13.2. The normalized spacial score (nSPS) is 26.1. The van der Waals surface area contributed by atoms with Crippen LogP contribution in [0.3, 0.4) is 0 Å². The largest absolute Gasteiger partial charge is 0.388 e. The lowest BCUT2D eigenvalue weighted by molar-refractivity contribution is -0.199. The van der Waals surface area contributed by atoms with Gasteiger partial charge >= 0.3 is 0 Å². The van der Waals surface area contributed by atoms with Crippen molar-refractivity contribution in [1.82, 2.24) is 0 Å². The first-order valence-corrected chi connectivity index (χ1v) is 11.0. The average molecular weight is 387 g/mol. The maximum absolute atomic E-state index is 9.82. The van der Waals surface area contributed by atoms with Crippen molar-refractivity contribution in [3.63, 3.8) is 0 Å². The van der Waals surface area contributed by atoms with E-state index in [1.807, 2.05) is 0 Å². The summed E-state index contributed by atoms with van der Waals surface area (Å²) in [5.74, 6) is 0. The minimum absolute atomic E-state index is 0.0441. The van der Waals surface area contributed by atoms with Gasteiger partial charge in [0.2, 0.25) is 0 Å². The van der Waals surface area contributed by atoms with Gasteiger partial charge in [-0.15, -0.1) is 0 Å². The van der Waals surface area contributed by atoms with E-state index in [9.17, 15) is 15.3 Å². The van der Waals surface area contributed by atoms with Crippen LogP contribution in [0.2, 0.25) is 0 Å². The number of hydrogen-bond acceptors (Lipinski definition) is 5. The Bertz CT molecular complexity index is 361. The summed E-state index contributed by atoms with van der Waals surface area (Å²) < 4.78 is 10.9. The van der Waals surface area contributed by atoms with Crippen LogP contribution < -0.4 is 0 Å². The Kier molecular flexibility index (Phi) is 15.0. The quantitative estimate of drug-likeness (QED) is 0.278. The number of unbranched alkanes of at least 4 members (excludes halogenated alkanes) is 11. The summed E-state index contributed by atoms with van der Waals surface area (Å²) in [6, 6.07) is 0. The highest BCUT2D eigenvalue weighted by molar-refractivity contribution is 4.86. The molecule has 0 unspecified atom stereocenters. The molecule has 1 aliphatic rings. The lowest BCUT2D eigenvalue weighted by atomic mass is 10.0. The average Bonchev–Trinajstić information content (AvgIpc) is 2.67. The first kappa shape index (κ1) is 24.6. The Hall–Kier alpha value is -0.460. The zero-order chi connectivity index (χ0) is 19.7. The van der Waals surface area contributed by atoms with Gasteiger partial charge in [-0.2, -0.15) is 0 Å². The molecule has 0 aliphatic carbocycles. The molecule has 160 valence electrons. The highest BCUT2D eigenvalue weighted by Gasteiger charge is 2.37. The van der Waals surface area contributed by atoms with Crippen LogP contribution in [0.1, 0.15) is 84.0 Å². The molecule has 0 spiro atoms. The molecule has 0 bridgehead atoms. The van der Waals surface area contributed by atoms with Crippen molar-refractivity contribution in [2.75, 3.05) is 19.8 Å². The van der Waals surface area contributed by atoms with E-state index >= 15 is 0 Å². The molecule has 5 heteroatoms. The Balaban J connectivity index is 1.79. The van der Waals surface area contributed by atoms with Gasteiger partial charge < -0.3 is 24.8 Å². The SMILES string of the molecule is C/C=C/CCCCCCCCCCCCCOC[C@@H]1OC[C@@H](O)[C@H](O)[C@H]1O. The van der Waals surface area contributed by atoms with Gasteiger partial charge in [0.25, 0.3) is 0 Å². The molecule has 27 heavy (non-hydrogen) atoms. The van der Waals surface area contributed by atoms with Crippen molar-refractivity contribution in [3.8, 4) is 0 Å². The molecule has 0 saturated carbocycles. The summed E-state index contributed by atoms with van der Waals surface area (Å²) in [6.45, 7) is 3.05. The van der Waals surface area contributed by atoms with Gasteiger partial charge in [-0.3, -0.25) is 0 Å². The minimum atomic E-state index is -1.15. The second kappa shape index (κ2) is 16.5. The Morgan fingerprint density at radius 1 is 0.815 bits per heavy atom. The molecule has 3 N–H and O–H groups in total. The summed E-state index contributed by atoms with van der Waals surface area (Å²) in [6.07, 6.45) is 16.1. The zero-order valence-corrected chi connectivity index (χ0v) is 17.2. The second-order valence-corrected chi connectivity index (χ2v) is 7.74. The fourth-order valence-electron chi connectivity index (χ4n) is 3.44. The van der Waals surface area contributed by atoms with Crippen LogP contribution in [0.4, 0.5) is 0 Å². The van der Waals surface area contributed by atoms with Gasteiger partial charge in [0.05, 0.1) is 13.2 Å². The molecule has 0 radical (unpaired) electrons. The number of ether oxygens (including phenoxy) is 2. The van der Waals surface area contributed by atoms with E-state index in [4.69, 9.17) is 9.47 Å². The first-order valence-electron chi connectivity index (χ1n) is 11.0. The lowest BCUT2D eigenvalue weighted by Gasteiger charge is -2.35. The Morgan fingerprint density at radius 3 is 1.96 bits per heavy atom. The summed E-state index contributed by atoms with van der Waals surface area (Å²) in [5, 5.41) is 28.8. The molecule has 1 aliphatic heterocycles. The molecular formula is C22H42O5. The van der Waals surface area contributed by atoms with E-state index in [1.165, 1.54) is 70.6 Å². The van der Waals surface area contributed by atoms with Gasteiger partial charge in [0.1, 0.15) is 24.4 Å². The maximum Gasteiger partial charge on any atom is 0.111 e. The van der Waals surface area contributed by atoms with Crippen LogP contribution in [0.5, 0.6) is 0 Å². The Morgan fingerprint density at radius 2 is 1.37 bits per heavy atom. The third-order valence-corrected chi connectivity index (χ3v) is 5.28. The predicted molar refractivity (Wildman–Crippen MR) is 109 cm³/mol. The van der Waals surface area contributed by atoms with E-state index < -0.39 is 24.4 Å². The van der Waals surface area contributed by atoms with Crippen LogP contribution in [0.15, 0.2) is 12.2 Å². The molecule has 4 atom stereocenters. The van der Waals surface area contributed by atoms with Gasteiger partial charge in [0, 0.05) is 6.61 Å². The second-order valence-electron chi connectivity index (χ2n) is 7.74. The van der Waals surface area contributed by atoms with Crippen molar-refractivity contribution in [2.45, 2.75) is 108 Å². The van der Waals surface area contributed by atoms with E-state index in [1.54, 1.807) is 0 Å². The van der Waals surface area contributed by atoms with Crippen LogP contribution in [0.25, 0.3) is 0 Å². The summed E-state index contributed by atoms with van der Waals surface area (Å²) >= 11 is 0. The number of aliphatic hydroxyl groups excluding tert-OH is 3. The van der Waals surface area contributed by atoms with E-state index in [0.29, 0.717) is 6.61 Å². The number of allylic oxidation sites excluding steroid dienone is 2. The molecule has 1 fully saturated rings. The highest BCUT2D eigenvalue weighted by atomic mass is 16.6. The van der Waals surface area contributed by atoms with Gasteiger partial charge in [-0.1, -0.05) is 69.9 Å². The third-order valence-electron chi connectivity index (χ3n) is 5.28. The van der Waals surface area contributed by atoms with E-state index in [-0.39, 0.29) is 13.2 Å². The zero-order valence-electron chi connectivity index (χ0n) is 17.2. The molecular weight excluding hydrogens is 344 g/mol. The van der Waals surface area contributed by atoms with Gasteiger partial charge in [-0.05, 0) is 26.2 Å². The van der Waals surface area contributed by atoms with Crippen LogP contribution >= 0.6 is 0 Å². The Labute approximate surface area is 165 Å². The molecule has 1 saturated heterocycles. The van der Waals surface area contributed by atoms with E-state index in [2.05, 4.69) is 19.1 Å². The smallest absolute Gasteiger partial charge is 0.111 e. The fraction of sp³-hybridized carbons (Fsp3) is 0.909. The van der Waals surface area contributed by atoms with Crippen molar-refractivity contribution >= 4 is 0 Å². The monoisotopic (exact) mass is 386 g/mol. The molecule has 5 nitrogen and oxygen atoms in total. The lowest BCUT2D eigenvalue weighted by Crippen LogP contribution is -2.54. The standard InChI is InChI=1S/C22H42O5/c1-2-3-4-5-6-7-8-9-10-11-12-13-14-15-16-26-18-20-22(25)21(24)19(23)17-27-20/h2-3,19-25H,4-18H2,1H3/b3-2+/t19-,20+,21+,22+/m1/s1. The number of aliphatic hydroxyl groups is 3.